The maximum Gasteiger partial charge on any atom is 0.416 e. The van der Waals surface area contributed by atoms with Crippen LogP contribution in [0.4, 0.5) is 18.9 Å². The Morgan fingerprint density at radius 1 is 0.917 bits per heavy atom. The summed E-state index contributed by atoms with van der Waals surface area (Å²) >= 11 is 0. The van der Waals surface area contributed by atoms with E-state index in [1.54, 1.807) is 19.4 Å². The van der Waals surface area contributed by atoms with Crippen LogP contribution in [0, 0.1) is 0 Å². The summed E-state index contributed by atoms with van der Waals surface area (Å²) in [7, 11) is 3.07. The van der Waals surface area contributed by atoms with Gasteiger partial charge in [0.1, 0.15) is 0 Å². The largest absolute Gasteiger partial charge is 0.416 e. The third-order valence-corrected chi connectivity index (χ3v) is 6.50. The maximum absolute atomic E-state index is 13.0. The highest BCUT2D eigenvalue weighted by Crippen LogP contribution is 2.31. The Hall–Kier alpha value is -2.50. The van der Waals surface area contributed by atoms with Gasteiger partial charge < -0.3 is 9.47 Å². The molecule has 0 unspecified atom stereocenters. The van der Waals surface area contributed by atoms with Crippen molar-refractivity contribution in [2.24, 2.45) is 14.1 Å². The van der Waals surface area contributed by atoms with Crippen molar-refractivity contribution in [1.82, 2.24) is 23.6 Å². The van der Waals surface area contributed by atoms with Crippen LogP contribution >= 0.6 is 24.8 Å². The molecule has 0 aliphatic carbocycles. The minimum absolute atomic E-state index is 0. The first kappa shape index (κ1) is 29.7. The molecule has 3 heterocycles. The second kappa shape index (κ2) is 12.2. The predicted molar refractivity (Wildman–Crippen MR) is 139 cm³/mol. The van der Waals surface area contributed by atoms with Crippen LogP contribution in [0.3, 0.4) is 0 Å². The number of alkyl halides is 3. The number of rotatable bonds is 7. The van der Waals surface area contributed by atoms with Crippen LogP contribution in [-0.2, 0) is 26.8 Å². The molecule has 8 nitrogen and oxygen atoms in total. The molecule has 0 saturated carbocycles. The lowest BCUT2D eigenvalue weighted by atomic mass is 10.1. The predicted octanol–water partition coefficient (Wildman–Crippen LogP) is 3.29. The molecule has 1 aliphatic heterocycles. The van der Waals surface area contributed by atoms with E-state index in [0.717, 1.165) is 49.5 Å². The molecule has 200 valence electrons. The van der Waals surface area contributed by atoms with E-state index >= 15 is 0 Å². The zero-order valence-electron chi connectivity index (χ0n) is 20.2. The lowest BCUT2D eigenvalue weighted by Gasteiger charge is -2.36. The molecule has 1 aliphatic rings. The van der Waals surface area contributed by atoms with Crippen molar-refractivity contribution in [2.45, 2.75) is 32.0 Å². The standard InChI is InChI=1S/C23H29F3N6O2.2ClH/c1-28-20-19(21(33)29(2)22(28)34)32(16-27-20)10-5-3-4-9-30-11-13-31(14-12-30)18-8-6-7-17(15-18)23(24,25)26;;/h6-8,15-16H,3-5,9-14H2,1-2H3;2*1H. The number of imidazole rings is 1. The van der Waals surface area contributed by atoms with Crippen LogP contribution < -0.4 is 16.1 Å². The number of aromatic nitrogens is 4. The second-order valence-electron chi connectivity index (χ2n) is 8.75. The van der Waals surface area contributed by atoms with E-state index in [4.69, 9.17) is 0 Å². The van der Waals surface area contributed by atoms with Gasteiger partial charge in [0.2, 0.25) is 0 Å². The lowest BCUT2D eigenvalue weighted by Crippen LogP contribution is -2.46. The molecule has 0 N–H and O–H groups in total. The fourth-order valence-electron chi connectivity index (χ4n) is 4.47. The molecule has 3 aromatic rings. The molecule has 36 heavy (non-hydrogen) atoms. The number of fused-ring (bicyclic) bond motifs is 1. The summed E-state index contributed by atoms with van der Waals surface area (Å²) < 4.78 is 43.2. The number of piperazine rings is 1. The number of unbranched alkanes of at least 4 members (excludes halogenated alkanes) is 2. The van der Waals surface area contributed by atoms with Crippen molar-refractivity contribution in [1.29, 1.82) is 0 Å². The third-order valence-electron chi connectivity index (χ3n) is 6.50. The fourth-order valence-corrected chi connectivity index (χ4v) is 4.47. The summed E-state index contributed by atoms with van der Waals surface area (Å²) in [6, 6.07) is 5.52. The molecule has 0 amide bonds. The van der Waals surface area contributed by atoms with Crippen LogP contribution in [0.15, 0.2) is 40.2 Å². The van der Waals surface area contributed by atoms with Crippen molar-refractivity contribution < 1.29 is 13.2 Å². The summed E-state index contributed by atoms with van der Waals surface area (Å²) in [5, 5.41) is 0. The van der Waals surface area contributed by atoms with E-state index in [9.17, 15) is 22.8 Å². The van der Waals surface area contributed by atoms with E-state index < -0.39 is 17.4 Å². The van der Waals surface area contributed by atoms with Gasteiger partial charge in [0.15, 0.2) is 11.2 Å². The SMILES string of the molecule is Cl.Cl.Cn1c(=O)c2c(ncn2CCCCCN2CCN(c3cccc(C(F)(F)F)c3)CC2)n(C)c1=O. The van der Waals surface area contributed by atoms with Gasteiger partial charge in [0, 0.05) is 52.5 Å². The highest BCUT2D eigenvalue weighted by Gasteiger charge is 2.31. The van der Waals surface area contributed by atoms with Gasteiger partial charge in [-0.2, -0.15) is 13.2 Å². The molecule has 0 radical (unpaired) electrons. The van der Waals surface area contributed by atoms with Crippen LogP contribution in [0.1, 0.15) is 24.8 Å². The summed E-state index contributed by atoms with van der Waals surface area (Å²) in [5.74, 6) is 0. The minimum atomic E-state index is -4.33. The Balaban J connectivity index is 0.00000228. The molecule has 4 rings (SSSR count). The van der Waals surface area contributed by atoms with Gasteiger partial charge >= 0.3 is 11.9 Å². The Morgan fingerprint density at radius 3 is 2.25 bits per heavy atom. The van der Waals surface area contributed by atoms with Crippen molar-refractivity contribution in [3.05, 3.63) is 57.0 Å². The van der Waals surface area contributed by atoms with Gasteiger partial charge in [0.25, 0.3) is 5.56 Å². The smallest absolute Gasteiger partial charge is 0.369 e. The first-order chi connectivity index (χ1) is 16.2. The number of aryl methyl sites for hydroxylation is 2. The number of benzene rings is 1. The summed E-state index contributed by atoms with van der Waals surface area (Å²) in [6.07, 6.45) is 0.122. The van der Waals surface area contributed by atoms with Crippen LogP contribution in [0.5, 0.6) is 0 Å². The quantitative estimate of drug-likeness (QED) is 0.422. The van der Waals surface area contributed by atoms with Crippen LogP contribution in [-0.4, -0.2) is 56.3 Å². The number of hydrogen-bond donors (Lipinski definition) is 0. The zero-order chi connectivity index (χ0) is 24.5. The molecule has 0 atom stereocenters. The second-order valence-corrected chi connectivity index (χ2v) is 8.75. The van der Waals surface area contributed by atoms with Crippen molar-refractivity contribution in [3.63, 3.8) is 0 Å². The molecule has 1 fully saturated rings. The molecular formula is C23H31Cl2F3N6O2. The number of halogens is 5. The summed E-state index contributed by atoms with van der Waals surface area (Å²) in [6.45, 7) is 4.60. The minimum Gasteiger partial charge on any atom is -0.369 e. The van der Waals surface area contributed by atoms with Gasteiger partial charge in [-0.3, -0.25) is 18.8 Å². The van der Waals surface area contributed by atoms with E-state index in [1.165, 1.54) is 23.7 Å². The van der Waals surface area contributed by atoms with E-state index in [0.29, 0.717) is 36.5 Å². The molecule has 1 saturated heterocycles. The summed E-state index contributed by atoms with van der Waals surface area (Å²) in [4.78, 5) is 33.1. The van der Waals surface area contributed by atoms with Gasteiger partial charge in [0.05, 0.1) is 11.9 Å². The Bertz CT molecular complexity index is 1280. The Kier molecular flexibility index (Phi) is 10.0. The van der Waals surface area contributed by atoms with Crippen LogP contribution in [0.25, 0.3) is 11.2 Å². The first-order valence-corrected chi connectivity index (χ1v) is 11.4. The topological polar surface area (TPSA) is 68.3 Å². The van der Waals surface area contributed by atoms with Gasteiger partial charge in [-0.25, -0.2) is 9.78 Å². The molecule has 0 spiro atoms. The average Bonchev–Trinajstić information content (AvgIpc) is 3.25. The molecule has 0 bridgehead atoms. The van der Waals surface area contributed by atoms with Crippen molar-refractivity contribution in [3.8, 4) is 0 Å². The highest BCUT2D eigenvalue weighted by atomic mass is 35.5. The average molecular weight is 551 g/mol. The van der Waals surface area contributed by atoms with Crippen molar-refractivity contribution >= 4 is 41.7 Å². The first-order valence-electron chi connectivity index (χ1n) is 11.4. The van der Waals surface area contributed by atoms with Gasteiger partial charge in [-0.15, -0.1) is 24.8 Å². The normalized spacial score (nSPS) is 14.5. The van der Waals surface area contributed by atoms with Gasteiger partial charge in [-0.1, -0.05) is 12.5 Å². The summed E-state index contributed by atoms with van der Waals surface area (Å²) in [5.41, 5.74) is 0.107. The molecule has 2 aromatic heterocycles. The number of anilines is 1. The third kappa shape index (κ3) is 6.24. The number of hydrogen-bond acceptors (Lipinski definition) is 5. The van der Waals surface area contributed by atoms with E-state index in [-0.39, 0.29) is 30.4 Å². The molecular weight excluding hydrogens is 520 g/mol. The maximum atomic E-state index is 13.0. The Morgan fingerprint density at radius 2 is 1.58 bits per heavy atom. The lowest BCUT2D eigenvalue weighted by molar-refractivity contribution is -0.137. The van der Waals surface area contributed by atoms with E-state index in [1.807, 2.05) is 9.47 Å². The molecule has 13 heteroatoms. The van der Waals surface area contributed by atoms with Crippen molar-refractivity contribution in [2.75, 3.05) is 37.6 Å². The zero-order valence-corrected chi connectivity index (χ0v) is 21.8. The van der Waals surface area contributed by atoms with Crippen LogP contribution in [0.2, 0.25) is 0 Å². The van der Waals surface area contributed by atoms with Gasteiger partial charge in [-0.05, 0) is 37.6 Å². The monoisotopic (exact) mass is 550 g/mol. The number of nitrogens with zero attached hydrogens (tertiary/aromatic N) is 6. The Labute approximate surface area is 219 Å². The highest BCUT2D eigenvalue weighted by molar-refractivity contribution is 5.85. The molecule has 1 aromatic carbocycles. The fraction of sp³-hybridized carbons (Fsp3) is 0.522. The van der Waals surface area contributed by atoms with E-state index in [2.05, 4.69) is 9.88 Å².